The first-order chi connectivity index (χ1) is 14.3. The van der Waals surface area contributed by atoms with E-state index < -0.39 is 11.7 Å². The van der Waals surface area contributed by atoms with Crippen LogP contribution in [-0.4, -0.2) is 11.3 Å². The molecular formula is C21H15ClF3N3OS. The van der Waals surface area contributed by atoms with Crippen LogP contribution in [-0.2, 0) is 6.18 Å². The van der Waals surface area contributed by atoms with Gasteiger partial charge in [-0.05, 0) is 60.2 Å². The molecule has 2 N–H and O–H groups in total. The minimum atomic E-state index is -4.49. The number of ether oxygens (including phenoxy) is 1. The van der Waals surface area contributed by atoms with Crippen LogP contribution in [0.5, 0.6) is 11.5 Å². The van der Waals surface area contributed by atoms with Gasteiger partial charge in [0.2, 0.25) is 0 Å². The summed E-state index contributed by atoms with van der Waals surface area (Å²) in [7, 11) is 0. The van der Waals surface area contributed by atoms with Crippen molar-refractivity contribution in [2.24, 2.45) is 5.10 Å². The zero-order valence-corrected chi connectivity index (χ0v) is 16.9. The van der Waals surface area contributed by atoms with Gasteiger partial charge >= 0.3 is 6.18 Å². The van der Waals surface area contributed by atoms with Crippen LogP contribution in [0, 0.1) is 0 Å². The number of hydrogen-bond donors (Lipinski definition) is 2. The van der Waals surface area contributed by atoms with Crippen molar-refractivity contribution in [1.29, 1.82) is 0 Å². The molecule has 0 heterocycles. The number of nitrogens with one attached hydrogen (secondary N) is 2. The first-order valence-corrected chi connectivity index (χ1v) is 9.40. The Kier molecular flexibility index (Phi) is 6.91. The van der Waals surface area contributed by atoms with E-state index >= 15 is 0 Å². The molecule has 0 fully saturated rings. The van der Waals surface area contributed by atoms with E-state index in [0.29, 0.717) is 11.5 Å². The molecule has 0 aliphatic heterocycles. The lowest BCUT2D eigenvalue weighted by molar-refractivity contribution is -0.137. The van der Waals surface area contributed by atoms with Crippen molar-refractivity contribution in [1.82, 2.24) is 5.43 Å². The van der Waals surface area contributed by atoms with Crippen molar-refractivity contribution >= 4 is 40.8 Å². The Morgan fingerprint density at radius 1 is 0.967 bits per heavy atom. The fraction of sp³-hybridized carbons (Fsp3) is 0.0476. The highest BCUT2D eigenvalue weighted by Gasteiger charge is 2.31. The first-order valence-electron chi connectivity index (χ1n) is 8.61. The highest BCUT2D eigenvalue weighted by atomic mass is 35.5. The summed E-state index contributed by atoms with van der Waals surface area (Å²) in [6, 6.07) is 19.4. The van der Waals surface area contributed by atoms with Crippen LogP contribution in [0.3, 0.4) is 0 Å². The highest BCUT2D eigenvalue weighted by molar-refractivity contribution is 7.80. The maximum Gasteiger partial charge on any atom is 0.416 e. The Balaban J connectivity index is 1.61. The minimum Gasteiger partial charge on any atom is -0.457 e. The normalized spacial score (nSPS) is 11.3. The largest absolute Gasteiger partial charge is 0.457 e. The molecule has 0 unspecified atom stereocenters. The van der Waals surface area contributed by atoms with Crippen molar-refractivity contribution in [2.75, 3.05) is 5.32 Å². The van der Waals surface area contributed by atoms with Crippen LogP contribution < -0.4 is 15.5 Å². The number of alkyl halides is 3. The summed E-state index contributed by atoms with van der Waals surface area (Å²) in [6.07, 6.45) is -2.99. The molecule has 0 saturated heterocycles. The Hall–Kier alpha value is -3.10. The molecule has 154 valence electrons. The molecule has 30 heavy (non-hydrogen) atoms. The first kappa shape index (κ1) is 21.6. The van der Waals surface area contributed by atoms with E-state index in [9.17, 15) is 13.2 Å². The van der Waals surface area contributed by atoms with Crippen LogP contribution in [0.2, 0.25) is 5.02 Å². The Morgan fingerprint density at radius 3 is 2.43 bits per heavy atom. The van der Waals surface area contributed by atoms with Crippen molar-refractivity contribution in [3.63, 3.8) is 0 Å². The van der Waals surface area contributed by atoms with E-state index in [-0.39, 0.29) is 15.8 Å². The summed E-state index contributed by atoms with van der Waals surface area (Å²) in [6.45, 7) is 0. The van der Waals surface area contributed by atoms with E-state index in [1.807, 2.05) is 36.4 Å². The van der Waals surface area contributed by atoms with Crippen LogP contribution in [0.4, 0.5) is 18.9 Å². The van der Waals surface area contributed by atoms with E-state index in [1.54, 1.807) is 18.2 Å². The quantitative estimate of drug-likeness (QED) is 0.266. The third-order valence-corrected chi connectivity index (χ3v) is 4.28. The molecule has 0 aliphatic rings. The molecular weight excluding hydrogens is 435 g/mol. The predicted molar refractivity (Wildman–Crippen MR) is 116 cm³/mol. The number of anilines is 1. The Morgan fingerprint density at radius 2 is 1.70 bits per heavy atom. The third kappa shape index (κ3) is 6.20. The number of nitrogens with zero attached hydrogens (tertiary/aromatic N) is 1. The topological polar surface area (TPSA) is 45.7 Å². The van der Waals surface area contributed by atoms with Crippen LogP contribution in [0.15, 0.2) is 77.9 Å². The Bertz CT molecular complexity index is 1060. The van der Waals surface area contributed by atoms with Gasteiger partial charge < -0.3 is 10.1 Å². The van der Waals surface area contributed by atoms with E-state index in [1.165, 1.54) is 6.21 Å². The van der Waals surface area contributed by atoms with E-state index in [0.717, 1.165) is 23.8 Å². The monoisotopic (exact) mass is 449 g/mol. The summed E-state index contributed by atoms with van der Waals surface area (Å²) >= 11 is 11.0. The highest BCUT2D eigenvalue weighted by Crippen LogP contribution is 2.33. The lowest BCUT2D eigenvalue weighted by atomic mass is 10.2. The van der Waals surface area contributed by atoms with Gasteiger partial charge in [0.05, 0.1) is 22.5 Å². The number of benzene rings is 3. The second-order valence-electron chi connectivity index (χ2n) is 6.00. The molecule has 0 aromatic heterocycles. The molecule has 0 atom stereocenters. The second-order valence-corrected chi connectivity index (χ2v) is 6.82. The van der Waals surface area contributed by atoms with Gasteiger partial charge in [-0.1, -0.05) is 41.9 Å². The van der Waals surface area contributed by atoms with Crippen molar-refractivity contribution in [3.8, 4) is 11.5 Å². The maximum absolute atomic E-state index is 12.8. The van der Waals surface area contributed by atoms with Gasteiger partial charge in [-0.3, -0.25) is 5.43 Å². The fourth-order valence-corrected chi connectivity index (χ4v) is 2.72. The second kappa shape index (κ2) is 9.60. The molecule has 3 aromatic carbocycles. The van der Waals surface area contributed by atoms with Gasteiger partial charge in [0.15, 0.2) is 5.11 Å². The summed E-state index contributed by atoms with van der Waals surface area (Å²) < 4.78 is 44.3. The molecule has 0 saturated carbocycles. The maximum atomic E-state index is 12.8. The molecule has 9 heteroatoms. The molecule has 3 rings (SSSR count). The van der Waals surface area contributed by atoms with Crippen molar-refractivity contribution in [2.45, 2.75) is 6.18 Å². The number of thiocarbonyl (C=S) groups is 1. The number of hydrazone groups is 1. The van der Waals surface area contributed by atoms with Gasteiger partial charge in [-0.25, -0.2) is 0 Å². The number of hydrogen-bond acceptors (Lipinski definition) is 3. The van der Waals surface area contributed by atoms with E-state index in [4.69, 9.17) is 28.6 Å². The van der Waals surface area contributed by atoms with Gasteiger partial charge in [0.25, 0.3) is 0 Å². The SMILES string of the molecule is FC(F)(F)c1ccc(Cl)c(NC(=S)N/N=C\c2cccc(Oc3ccccc3)c2)c1. The fourth-order valence-electron chi connectivity index (χ4n) is 2.40. The van der Waals surface area contributed by atoms with Gasteiger partial charge in [-0.15, -0.1) is 0 Å². The molecule has 0 aliphatic carbocycles. The molecule has 0 amide bonds. The van der Waals surface area contributed by atoms with Gasteiger partial charge in [0.1, 0.15) is 11.5 Å². The summed E-state index contributed by atoms with van der Waals surface area (Å²) in [4.78, 5) is 0. The molecule has 0 bridgehead atoms. The lowest BCUT2D eigenvalue weighted by Gasteiger charge is -2.12. The van der Waals surface area contributed by atoms with Crippen molar-refractivity contribution < 1.29 is 17.9 Å². The standard InChI is InChI=1S/C21H15ClF3N3OS/c22-18-10-9-15(21(23,24)25)12-19(18)27-20(30)28-26-13-14-5-4-8-17(11-14)29-16-6-2-1-3-7-16/h1-13H,(H2,27,28,30)/b26-13-. The summed E-state index contributed by atoms with van der Waals surface area (Å²) in [5.74, 6) is 1.33. The Labute approximate surface area is 181 Å². The minimum absolute atomic E-state index is 0.0100. The third-order valence-electron chi connectivity index (χ3n) is 3.76. The number of para-hydroxylation sites is 1. The van der Waals surface area contributed by atoms with Gasteiger partial charge in [0, 0.05) is 0 Å². The molecule has 3 aromatic rings. The molecule has 0 radical (unpaired) electrons. The average Bonchev–Trinajstić information content (AvgIpc) is 2.70. The summed E-state index contributed by atoms with van der Waals surface area (Å²) in [5, 5.41) is 6.68. The lowest BCUT2D eigenvalue weighted by Crippen LogP contribution is -2.24. The van der Waals surface area contributed by atoms with E-state index in [2.05, 4.69) is 15.8 Å². The number of rotatable bonds is 5. The summed E-state index contributed by atoms with van der Waals surface area (Å²) in [5.41, 5.74) is 2.46. The average molecular weight is 450 g/mol. The predicted octanol–water partition coefficient (Wildman–Crippen LogP) is 6.47. The van der Waals surface area contributed by atoms with Crippen molar-refractivity contribution in [3.05, 3.63) is 88.9 Å². The van der Waals surface area contributed by atoms with Crippen LogP contribution >= 0.6 is 23.8 Å². The van der Waals surface area contributed by atoms with Gasteiger partial charge in [-0.2, -0.15) is 18.3 Å². The number of halogens is 4. The van der Waals surface area contributed by atoms with Crippen LogP contribution in [0.1, 0.15) is 11.1 Å². The smallest absolute Gasteiger partial charge is 0.416 e. The zero-order chi connectivity index (χ0) is 21.6. The van der Waals surface area contributed by atoms with Crippen LogP contribution in [0.25, 0.3) is 0 Å². The molecule has 0 spiro atoms. The molecule has 4 nitrogen and oxygen atoms in total. The zero-order valence-electron chi connectivity index (χ0n) is 15.3.